The van der Waals surface area contributed by atoms with E-state index in [9.17, 15) is 13.6 Å². The molecule has 138 valence electrons. The molecule has 3 atom stereocenters. The average Bonchev–Trinajstić information content (AvgIpc) is 2.57. The van der Waals surface area contributed by atoms with Crippen LogP contribution in [0.1, 0.15) is 38.7 Å². The molecule has 0 radical (unpaired) electrons. The number of nitrogens with one attached hydrogen (secondary N) is 1. The SMILES string of the molecule is COc1cccc(/C=C/C(=O)N[C@@H]2CCC[C@@H](C)[C@@H]2C)c1OC(F)F. The van der Waals surface area contributed by atoms with Crippen molar-refractivity contribution in [1.82, 2.24) is 5.32 Å². The van der Waals surface area contributed by atoms with E-state index in [0.717, 1.165) is 12.8 Å². The number of halogens is 2. The maximum atomic E-state index is 12.6. The average molecular weight is 353 g/mol. The Labute approximate surface area is 147 Å². The van der Waals surface area contributed by atoms with Gasteiger partial charge in [-0.2, -0.15) is 8.78 Å². The third-order valence-corrected chi connectivity index (χ3v) is 4.88. The first-order valence-corrected chi connectivity index (χ1v) is 8.52. The Hall–Kier alpha value is -2.11. The standard InChI is InChI=1S/C19H25F2NO3/c1-12-6-4-8-15(13(12)2)22-17(23)11-10-14-7-5-9-16(24-3)18(14)25-19(20)21/h5,7,9-13,15,19H,4,6,8H2,1-3H3,(H,22,23)/b11-10+/t12-,13+,15-/m1/s1. The van der Waals surface area contributed by atoms with Gasteiger partial charge in [0.15, 0.2) is 11.5 Å². The number of hydrogen-bond donors (Lipinski definition) is 1. The van der Waals surface area contributed by atoms with Crippen LogP contribution in [0.25, 0.3) is 6.08 Å². The van der Waals surface area contributed by atoms with Gasteiger partial charge >= 0.3 is 6.61 Å². The van der Waals surface area contributed by atoms with Gasteiger partial charge in [-0.3, -0.25) is 4.79 Å². The lowest BCUT2D eigenvalue weighted by Gasteiger charge is -2.34. The molecule has 25 heavy (non-hydrogen) atoms. The molecule has 1 fully saturated rings. The van der Waals surface area contributed by atoms with E-state index in [1.807, 2.05) is 0 Å². The van der Waals surface area contributed by atoms with E-state index >= 15 is 0 Å². The highest BCUT2D eigenvalue weighted by molar-refractivity contribution is 5.92. The maximum absolute atomic E-state index is 12.6. The normalized spacial score (nSPS) is 23.7. The van der Waals surface area contributed by atoms with Crippen LogP contribution < -0.4 is 14.8 Å². The number of amides is 1. The minimum atomic E-state index is -2.97. The molecule has 1 aromatic rings. The van der Waals surface area contributed by atoms with Crippen molar-refractivity contribution in [2.45, 2.75) is 45.8 Å². The Morgan fingerprint density at radius 3 is 2.76 bits per heavy atom. The number of hydrogen-bond acceptors (Lipinski definition) is 3. The molecule has 4 nitrogen and oxygen atoms in total. The van der Waals surface area contributed by atoms with Gasteiger partial charge < -0.3 is 14.8 Å². The molecule has 1 amide bonds. The van der Waals surface area contributed by atoms with E-state index < -0.39 is 6.61 Å². The number of para-hydroxylation sites is 1. The van der Waals surface area contributed by atoms with Crippen LogP contribution in [-0.2, 0) is 4.79 Å². The van der Waals surface area contributed by atoms with Crippen molar-refractivity contribution in [2.24, 2.45) is 11.8 Å². The number of carbonyl (C=O) groups is 1. The zero-order valence-electron chi connectivity index (χ0n) is 14.8. The third kappa shape index (κ3) is 5.18. The van der Waals surface area contributed by atoms with Gasteiger partial charge in [0.25, 0.3) is 0 Å². The molecule has 1 saturated carbocycles. The van der Waals surface area contributed by atoms with Crippen LogP contribution in [0.5, 0.6) is 11.5 Å². The molecule has 6 heteroatoms. The Kier molecular flexibility index (Phi) is 6.79. The first-order valence-electron chi connectivity index (χ1n) is 8.52. The third-order valence-electron chi connectivity index (χ3n) is 4.88. The molecule has 0 aliphatic heterocycles. The van der Waals surface area contributed by atoms with Crippen LogP contribution >= 0.6 is 0 Å². The van der Waals surface area contributed by atoms with E-state index in [-0.39, 0.29) is 23.4 Å². The summed E-state index contributed by atoms with van der Waals surface area (Å²) in [6, 6.07) is 4.91. The van der Waals surface area contributed by atoms with Gasteiger partial charge in [-0.1, -0.05) is 38.8 Å². The van der Waals surface area contributed by atoms with Crippen LogP contribution in [0.3, 0.4) is 0 Å². The molecule has 1 aliphatic rings. The Morgan fingerprint density at radius 1 is 1.32 bits per heavy atom. The highest BCUT2D eigenvalue weighted by Crippen LogP contribution is 2.33. The fourth-order valence-corrected chi connectivity index (χ4v) is 3.22. The first kappa shape index (κ1) is 19.2. The highest BCUT2D eigenvalue weighted by atomic mass is 19.3. The number of alkyl halides is 2. The lowest BCUT2D eigenvalue weighted by Crippen LogP contribution is -2.43. The molecule has 0 spiro atoms. The van der Waals surface area contributed by atoms with E-state index in [4.69, 9.17) is 4.74 Å². The van der Waals surface area contributed by atoms with Crippen molar-refractivity contribution in [3.05, 3.63) is 29.8 Å². The van der Waals surface area contributed by atoms with Gasteiger partial charge in [-0.05, 0) is 30.4 Å². The lowest BCUT2D eigenvalue weighted by molar-refractivity contribution is -0.117. The number of benzene rings is 1. The summed E-state index contributed by atoms with van der Waals surface area (Å²) in [6.45, 7) is 1.37. The second-order valence-electron chi connectivity index (χ2n) is 6.47. The topological polar surface area (TPSA) is 47.6 Å². The smallest absolute Gasteiger partial charge is 0.387 e. The van der Waals surface area contributed by atoms with E-state index in [1.54, 1.807) is 12.1 Å². The van der Waals surface area contributed by atoms with Gasteiger partial charge in [0.2, 0.25) is 5.91 Å². The van der Waals surface area contributed by atoms with E-state index in [0.29, 0.717) is 17.4 Å². The Bertz CT molecular complexity index is 619. The minimum absolute atomic E-state index is 0.0799. The van der Waals surface area contributed by atoms with E-state index in [1.165, 1.54) is 31.7 Å². The zero-order chi connectivity index (χ0) is 18.4. The zero-order valence-corrected chi connectivity index (χ0v) is 14.8. The monoisotopic (exact) mass is 353 g/mol. The van der Waals surface area contributed by atoms with Crippen LogP contribution in [0.15, 0.2) is 24.3 Å². The molecule has 0 saturated heterocycles. The number of ether oxygens (including phenoxy) is 2. The molecule has 1 aromatic carbocycles. The van der Waals surface area contributed by atoms with Crippen molar-refractivity contribution in [3.63, 3.8) is 0 Å². The van der Waals surface area contributed by atoms with Gasteiger partial charge in [-0.15, -0.1) is 0 Å². The molecule has 0 bridgehead atoms. The lowest BCUT2D eigenvalue weighted by atomic mass is 9.78. The summed E-state index contributed by atoms with van der Waals surface area (Å²) < 4.78 is 34.8. The second kappa shape index (κ2) is 8.83. The van der Waals surface area contributed by atoms with Crippen LogP contribution in [-0.4, -0.2) is 25.7 Å². The molecule has 0 aromatic heterocycles. The molecule has 1 N–H and O–H groups in total. The van der Waals surface area contributed by atoms with Gasteiger partial charge in [0.05, 0.1) is 7.11 Å². The Balaban J connectivity index is 2.09. The molecule has 0 unspecified atom stereocenters. The van der Waals surface area contributed by atoms with Crippen molar-refractivity contribution in [3.8, 4) is 11.5 Å². The van der Waals surface area contributed by atoms with Gasteiger partial charge in [-0.25, -0.2) is 0 Å². The summed E-state index contributed by atoms with van der Waals surface area (Å²) in [4.78, 5) is 12.2. The number of rotatable bonds is 6. The predicted molar refractivity (Wildman–Crippen MR) is 92.8 cm³/mol. The number of methoxy groups -OCH3 is 1. The first-order chi connectivity index (χ1) is 11.9. The predicted octanol–water partition coefficient (Wildman–Crippen LogP) is 4.25. The summed E-state index contributed by atoms with van der Waals surface area (Å²) in [5.41, 5.74) is 0.361. The second-order valence-corrected chi connectivity index (χ2v) is 6.47. The molecular weight excluding hydrogens is 328 g/mol. The summed E-state index contributed by atoms with van der Waals surface area (Å²) in [6.07, 6.45) is 6.06. The quantitative estimate of drug-likeness (QED) is 0.778. The van der Waals surface area contributed by atoms with Crippen molar-refractivity contribution < 1.29 is 23.0 Å². The molecule has 1 aliphatic carbocycles. The fourth-order valence-electron chi connectivity index (χ4n) is 3.22. The van der Waals surface area contributed by atoms with Crippen molar-refractivity contribution in [1.29, 1.82) is 0 Å². The molecule has 2 rings (SSSR count). The van der Waals surface area contributed by atoms with Crippen LogP contribution in [0.4, 0.5) is 8.78 Å². The van der Waals surface area contributed by atoms with E-state index in [2.05, 4.69) is 23.9 Å². The van der Waals surface area contributed by atoms with Gasteiger partial charge in [0, 0.05) is 17.7 Å². The van der Waals surface area contributed by atoms with Crippen LogP contribution in [0.2, 0.25) is 0 Å². The fraction of sp³-hybridized carbons (Fsp3) is 0.526. The summed E-state index contributed by atoms with van der Waals surface area (Å²) in [7, 11) is 1.37. The number of carbonyl (C=O) groups excluding carboxylic acids is 1. The summed E-state index contributed by atoms with van der Waals surface area (Å²) in [5.74, 6) is 0.867. The largest absolute Gasteiger partial charge is 0.493 e. The maximum Gasteiger partial charge on any atom is 0.387 e. The summed E-state index contributed by atoms with van der Waals surface area (Å²) in [5, 5.41) is 3.01. The highest BCUT2D eigenvalue weighted by Gasteiger charge is 2.27. The van der Waals surface area contributed by atoms with Gasteiger partial charge in [0.1, 0.15) is 0 Å². The Morgan fingerprint density at radius 2 is 2.08 bits per heavy atom. The van der Waals surface area contributed by atoms with Crippen molar-refractivity contribution >= 4 is 12.0 Å². The summed E-state index contributed by atoms with van der Waals surface area (Å²) >= 11 is 0. The molecular formula is C19H25F2NO3. The van der Waals surface area contributed by atoms with Crippen molar-refractivity contribution in [2.75, 3.05) is 7.11 Å². The minimum Gasteiger partial charge on any atom is -0.493 e. The molecule has 0 heterocycles. The van der Waals surface area contributed by atoms with Crippen LogP contribution in [0, 0.1) is 11.8 Å².